The molecule has 0 saturated heterocycles. The molecular weight excluding hydrogens is 216 g/mol. The summed E-state index contributed by atoms with van der Waals surface area (Å²) in [7, 11) is 3.54. The Kier molecular flexibility index (Phi) is 3.44. The summed E-state index contributed by atoms with van der Waals surface area (Å²) < 4.78 is 10.7. The lowest BCUT2D eigenvalue weighted by molar-refractivity contribution is 0.415. The second-order valence-electron chi connectivity index (χ2n) is 3.78. The first-order valence-corrected chi connectivity index (χ1v) is 5.50. The first-order chi connectivity index (χ1) is 8.24. The first-order valence-electron chi connectivity index (χ1n) is 5.50. The number of benzene rings is 1. The van der Waals surface area contributed by atoms with Crippen molar-refractivity contribution in [2.75, 3.05) is 14.2 Å². The number of aryl methyl sites for hydroxylation is 1. The average Bonchev–Trinajstić information content (AvgIpc) is 2.72. The summed E-state index contributed by atoms with van der Waals surface area (Å²) >= 11 is 0. The van der Waals surface area contributed by atoms with Gasteiger partial charge in [-0.2, -0.15) is 0 Å². The van der Waals surface area contributed by atoms with E-state index in [1.807, 2.05) is 38.2 Å². The van der Waals surface area contributed by atoms with Crippen LogP contribution in [0, 0.1) is 6.92 Å². The van der Waals surface area contributed by atoms with Crippen LogP contribution in [0.4, 0.5) is 0 Å². The SMILES string of the molecule is CNCc1nc(-c2ccc(OC)cc2)oc1C. The van der Waals surface area contributed by atoms with Crippen molar-refractivity contribution in [3.8, 4) is 17.2 Å². The van der Waals surface area contributed by atoms with E-state index in [2.05, 4.69) is 10.3 Å². The normalized spacial score (nSPS) is 10.5. The Bertz CT molecular complexity index is 489. The van der Waals surface area contributed by atoms with Gasteiger partial charge in [0.2, 0.25) is 5.89 Å². The van der Waals surface area contributed by atoms with E-state index in [1.54, 1.807) is 7.11 Å². The Morgan fingerprint density at radius 1 is 1.29 bits per heavy atom. The summed E-state index contributed by atoms with van der Waals surface area (Å²) in [5.74, 6) is 2.33. The van der Waals surface area contributed by atoms with Crippen molar-refractivity contribution >= 4 is 0 Å². The zero-order chi connectivity index (χ0) is 12.3. The molecule has 0 spiro atoms. The lowest BCUT2D eigenvalue weighted by atomic mass is 10.2. The highest BCUT2D eigenvalue weighted by molar-refractivity contribution is 5.55. The van der Waals surface area contributed by atoms with Gasteiger partial charge in [-0.05, 0) is 38.2 Å². The fraction of sp³-hybridized carbons (Fsp3) is 0.308. The molecule has 0 saturated carbocycles. The number of methoxy groups -OCH3 is 1. The molecule has 0 fully saturated rings. The van der Waals surface area contributed by atoms with Crippen molar-refractivity contribution in [1.29, 1.82) is 0 Å². The van der Waals surface area contributed by atoms with Crippen LogP contribution in [-0.4, -0.2) is 19.1 Å². The molecular formula is C13H16N2O2. The lowest BCUT2D eigenvalue weighted by Crippen LogP contribution is -2.06. The van der Waals surface area contributed by atoms with E-state index < -0.39 is 0 Å². The fourth-order valence-electron chi connectivity index (χ4n) is 1.62. The van der Waals surface area contributed by atoms with Crippen LogP contribution < -0.4 is 10.1 Å². The monoisotopic (exact) mass is 232 g/mol. The van der Waals surface area contributed by atoms with E-state index in [-0.39, 0.29) is 0 Å². The number of ether oxygens (including phenoxy) is 1. The predicted octanol–water partition coefficient (Wildman–Crippen LogP) is 2.38. The fourth-order valence-corrected chi connectivity index (χ4v) is 1.62. The third kappa shape index (κ3) is 2.47. The maximum atomic E-state index is 5.63. The van der Waals surface area contributed by atoms with Crippen LogP contribution in [0.2, 0.25) is 0 Å². The summed E-state index contributed by atoms with van der Waals surface area (Å²) in [4.78, 5) is 4.46. The number of oxazole rings is 1. The van der Waals surface area contributed by atoms with Gasteiger partial charge in [-0.1, -0.05) is 0 Å². The van der Waals surface area contributed by atoms with Gasteiger partial charge >= 0.3 is 0 Å². The van der Waals surface area contributed by atoms with Crippen LogP contribution >= 0.6 is 0 Å². The van der Waals surface area contributed by atoms with Crippen LogP contribution in [0.1, 0.15) is 11.5 Å². The highest BCUT2D eigenvalue weighted by atomic mass is 16.5. The first kappa shape index (κ1) is 11.7. The largest absolute Gasteiger partial charge is 0.497 e. The van der Waals surface area contributed by atoms with Gasteiger partial charge in [0, 0.05) is 12.1 Å². The maximum absolute atomic E-state index is 5.63. The van der Waals surface area contributed by atoms with Crippen molar-refractivity contribution in [2.45, 2.75) is 13.5 Å². The third-order valence-corrected chi connectivity index (χ3v) is 2.57. The maximum Gasteiger partial charge on any atom is 0.226 e. The Labute approximate surface area is 101 Å². The van der Waals surface area contributed by atoms with E-state index in [1.165, 1.54) is 0 Å². The Morgan fingerprint density at radius 3 is 2.59 bits per heavy atom. The molecule has 0 amide bonds. The van der Waals surface area contributed by atoms with Gasteiger partial charge in [-0.3, -0.25) is 0 Å². The molecule has 1 aromatic heterocycles. The minimum Gasteiger partial charge on any atom is -0.497 e. The summed E-state index contributed by atoms with van der Waals surface area (Å²) in [5, 5.41) is 3.07. The Morgan fingerprint density at radius 2 is 2.00 bits per heavy atom. The van der Waals surface area contributed by atoms with Gasteiger partial charge in [0.05, 0.1) is 12.8 Å². The van der Waals surface area contributed by atoms with Gasteiger partial charge in [-0.15, -0.1) is 0 Å². The van der Waals surface area contributed by atoms with E-state index in [0.29, 0.717) is 12.4 Å². The standard InChI is InChI=1S/C13H16N2O2/c1-9-12(8-14-2)15-13(17-9)10-4-6-11(16-3)7-5-10/h4-7,14H,8H2,1-3H3. The number of nitrogens with zero attached hydrogens (tertiary/aromatic N) is 1. The topological polar surface area (TPSA) is 47.3 Å². The quantitative estimate of drug-likeness (QED) is 0.879. The average molecular weight is 232 g/mol. The molecule has 0 aliphatic rings. The molecule has 2 rings (SSSR count). The molecule has 0 unspecified atom stereocenters. The summed E-state index contributed by atoms with van der Waals surface area (Å²) in [6.07, 6.45) is 0. The Balaban J connectivity index is 2.29. The highest BCUT2D eigenvalue weighted by Crippen LogP contribution is 2.23. The van der Waals surface area contributed by atoms with E-state index in [9.17, 15) is 0 Å². The van der Waals surface area contributed by atoms with Crippen molar-refractivity contribution in [3.63, 3.8) is 0 Å². The molecule has 0 atom stereocenters. The number of hydrogen-bond donors (Lipinski definition) is 1. The third-order valence-electron chi connectivity index (χ3n) is 2.57. The van der Waals surface area contributed by atoms with Crippen LogP contribution in [0.25, 0.3) is 11.5 Å². The Hall–Kier alpha value is -1.81. The van der Waals surface area contributed by atoms with Crippen LogP contribution in [0.3, 0.4) is 0 Å². The molecule has 1 heterocycles. The molecule has 17 heavy (non-hydrogen) atoms. The van der Waals surface area contributed by atoms with Gasteiger partial charge in [0.25, 0.3) is 0 Å². The second-order valence-corrected chi connectivity index (χ2v) is 3.78. The summed E-state index contributed by atoms with van der Waals surface area (Å²) in [5.41, 5.74) is 1.90. The number of nitrogens with one attached hydrogen (secondary N) is 1. The van der Waals surface area contributed by atoms with E-state index in [4.69, 9.17) is 9.15 Å². The molecule has 4 nitrogen and oxygen atoms in total. The molecule has 2 aromatic rings. The molecule has 0 radical (unpaired) electrons. The second kappa shape index (κ2) is 5.01. The van der Waals surface area contributed by atoms with Crippen molar-refractivity contribution in [2.24, 2.45) is 0 Å². The summed E-state index contributed by atoms with van der Waals surface area (Å²) in [6, 6.07) is 7.67. The lowest BCUT2D eigenvalue weighted by Gasteiger charge is -1.99. The number of aromatic nitrogens is 1. The van der Waals surface area contributed by atoms with Crippen molar-refractivity contribution in [1.82, 2.24) is 10.3 Å². The van der Waals surface area contributed by atoms with Crippen molar-refractivity contribution < 1.29 is 9.15 Å². The minimum atomic E-state index is 0.649. The van der Waals surface area contributed by atoms with Crippen LogP contribution in [0.15, 0.2) is 28.7 Å². The smallest absolute Gasteiger partial charge is 0.226 e. The van der Waals surface area contributed by atoms with Gasteiger partial charge in [-0.25, -0.2) is 4.98 Å². The summed E-state index contributed by atoms with van der Waals surface area (Å²) in [6.45, 7) is 2.64. The molecule has 0 aliphatic carbocycles. The van der Waals surface area contributed by atoms with Crippen LogP contribution in [-0.2, 0) is 6.54 Å². The number of hydrogen-bond acceptors (Lipinski definition) is 4. The van der Waals surface area contributed by atoms with Gasteiger partial charge in [0.15, 0.2) is 0 Å². The molecule has 0 aliphatic heterocycles. The van der Waals surface area contributed by atoms with E-state index in [0.717, 1.165) is 22.8 Å². The number of rotatable bonds is 4. The van der Waals surface area contributed by atoms with Gasteiger partial charge in [0.1, 0.15) is 11.5 Å². The predicted molar refractivity (Wildman–Crippen MR) is 66.0 cm³/mol. The van der Waals surface area contributed by atoms with E-state index >= 15 is 0 Å². The minimum absolute atomic E-state index is 0.649. The molecule has 1 aromatic carbocycles. The molecule has 0 bridgehead atoms. The highest BCUT2D eigenvalue weighted by Gasteiger charge is 2.10. The zero-order valence-electron chi connectivity index (χ0n) is 10.3. The molecule has 1 N–H and O–H groups in total. The zero-order valence-corrected chi connectivity index (χ0v) is 10.3. The van der Waals surface area contributed by atoms with Crippen molar-refractivity contribution in [3.05, 3.63) is 35.7 Å². The van der Waals surface area contributed by atoms with Gasteiger partial charge < -0.3 is 14.5 Å². The molecule has 90 valence electrons. The molecule has 4 heteroatoms. The van der Waals surface area contributed by atoms with Crippen LogP contribution in [0.5, 0.6) is 5.75 Å².